The van der Waals surface area contributed by atoms with Gasteiger partial charge in [0.1, 0.15) is 0 Å². The van der Waals surface area contributed by atoms with E-state index in [0.717, 1.165) is 44.1 Å². The summed E-state index contributed by atoms with van der Waals surface area (Å²) in [7, 11) is -6.97. The molecule has 2 aliphatic heterocycles. The maximum absolute atomic E-state index is 13.1. The first-order valence-electron chi connectivity index (χ1n) is 16.5. The second-order valence-corrected chi connectivity index (χ2v) is 20.6. The van der Waals surface area contributed by atoms with Crippen LogP contribution < -0.4 is 0 Å². The molecule has 2 aliphatic carbocycles. The minimum Gasteiger partial charge on any atom is -0.389 e. The highest BCUT2D eigenvalue weighted by atomic mass is 32.2. The number of aliphatic hydroxyl groups is 1. The van der Waals surface area contributed by atoms with E-state index in [9.17, 15) is 26.7 Å². The topological polar surface area (TPSA) is 112 Å². The van der Waals surface area contributed by atoms with Crippen molar-refractivity contribution in [3.05, 3.63) is 59.7 Å². The summed E-state index contributed by atoms with van der Waals surface area (Å²) in [5.41, 5.74) is 1.80. The summed E-state index contributed by atoms with van der Waals surface area (Å²) in [5, 5.41) is 9.58. The Morgan fingerprint density at radius 1 is 0.696 bits per heavy atom. The van der Waals surface area contributed by atoms with Crippen LogP contribution in [-0.2, 0) is 20.0 Å². The minimum atomic E-state index is -3.50. The maximum Gasteiger partial charge on any atom is 0.243 e. The third-order valence-electron chi connectivity index (χ3n) is 10.6. The number of aliphatic hydroxyl groups excluding tert-OH is 1. The molecular weight excluding hydrogens is 621 g/mol. The molecule has 0 radical (unpaired) electrons. The van der Waals surface area contributed by atoms with E-state index in [-0.39, 0.29) is 44.4 Å². The Kier molecular flexibility index (Phi) is 9.02. The van der Waals surface area contributed by atoms with Crippen molar-refractivity contribution in [2.75, 3.05) is 13.1 Å². The van der Waals surface area contributed by atoms with Crippen molar-refractivity contribution in [2.24, 2.45) is 21.7 Å². The van der Waals surface area contributed by atoms with Gasteiger partial charge in [-0.3, -0.25) is 4.79 Å². The number of carbonyl (C=O) groups is 1. The van der Waals surface area contributed by atoms with E-state index in [1.54, 1.807) is 64.1 Å². The van der Waals surface area contributed by atoms with Crippen LogP contribution in [0.5, 0.6) is 0 Å². The Morgan fingerprint density at radius 2 is 1.07 bits per heavy atom. The Balaban J connectivity index is 0.000000181. The molecule has 2 aromatic carbocycles. The standard InChI is InChI=1S/C18H27NO3S.C18H25NO3S/c2*1-13(20)14-5-7-16(8-6-14)23(21,22)19-12-18(4)10-15(19)9-17(2,3)11-18/h5-8,13,15,20H,9-12H2,1-4H3;5-8,15H,9-12H2,1-4H3. The first-order chi connectivity index (χ1) is 21.0. The first kappa shape index (κ1) is 35.2. The molecule has 4 bridgehead atoms. The van der Waals surface area contributed by atoms with E-state index >= 15 is 0 Å². The molecule has 5 atom stereocenters. The van der Waals surface area contributed by atoms with Crippen LogP contribution in [0, 0.1) is 21.7 Å². The van der Waals surface area contributed by atoms with Gasteiger partial charge in [-0.15, -0.1) is 0 Å². The molecule has 6 rings (SSSR count). The number of hydrogen-bond donors (Lipinski definition) is 1. The van der Waals surface area contributed by atoms with Crippen LogP contribution >= 0.6 is 0 Å². The molecule has 2 aromatic rings. The Labute approximate surface area is 276 Å². The van der Waals surface area contributed by atoms with Gasteiger partial charge in [0, 0.05) is 30.7 Å². The summed E-state index contributed by atoms with van der Waals surface area (Å²) in [6, 6.07) is 13.1. The van der Waals surface area contributed by atoms with Crippen molar-refractivity contribution in [1.82, 2.24) is 8.61 Å². The molecule has 2 saturated heterocycles. The van der Waals surface area contributed by atoms with Gasteiger partial charge in [-0.05, 0) is 104 Å². The number of ketones is 1. The van der Waals surface area contributed by atoms with Crippen molar-refractivity contribution in [3.63, 3.8) is 0 Å². The van der Waals surface area contributed by atoms with Crippen LogP contribution in [0.1, 0.15) is 116 Å². The summed E-state index contributed by atoms with van der Waals surface area (Å²) in [6.07, 6.45) is 5.29. The first-order valence-corrected chi connectivity index (χ1v) is 19.4. The lowest BCUT2D eigenvalue weighted by molar-refractivity contribution is 0.101. The summed E-state index contributed by atoms with van der Waals surface area (Å²) in [6.45, 7) is 17.7. The molecular formula is C36H52N2O6S2. The summed E-state index contributed by atoms with van der Waals surface area (Å²) in [4.78, 5) is 12.0. The molecule has 10 heteroatoms. The summed E-state index contributed by atoms with van der Waals surface area (Å²) < 4.78 is 55.7. The van der Waals surface area contributed by atoms with Crippen LogP contribution in [0.3, 0.4) is 0 Å². The predicted molar refractivity (Wildman–Crippen MR) is 180 cm³/mol. The number of rotatable bonds is 6. The lowest BCUT2D eigenvalue weighted by Crippen LogP contribution is -2.37. The number of carbonyl (C=O) groups excluding carboxylic acids is 1. The molecule has 254 valence electrons. The molecule has 2 heterocycles. The molecule has 0 aromatic heterocycles. The SMILES string of the molecule is CC(=O)c1ccc(S(=O)(=O)N2CC3(C)CC2CC(C)(C)C3)cc1.CC(O)c1ccc(S(=O)(=O)N2CC3(C)CC2CC(C)(C)C3)cc1. The van der Waals surface area contributed by atoms with E-state index in [1.165, 1.54) is 6.92 Å². The smallest absolute Gasteiger partial charge is 0.243 e. The molecule has 46 heavy (non-hydrogen) atoms. The number of benzene rings is 2. The van der Waals surface area contributed by atoms with Gasteiger partial charge in [0.15, 0.2) is 5.78 Å². The van der Waals surface area contributed by atoms with Crippen LogP contribution in [0.2, 0.25) is 0 Å². The van der Waals surface area contributed by atoms with E-state index in [1.807, 2.05) is 0 Å². The van der Waals surface area contributed by atoms with Crippen molar-refractivity contribution < 1.29 is 26.7 Å². The maximum atomic E-state index is 13.1. The number of hydrogen-bond acceptors (Lipinski definition) is 6. The van der Waals surface area contributed by atoms with Gasteiger partial charge >= 0.3 is 0 Å². The fraction of sp³-hybridized carbons (Fsp3) is 0.639. The monoisotopic (exact) mass is 672 g/mol. The molecule has 0 spiro atoms. The highest BCUT2D eigenvalue weighted by Crippen LogP contribution is 2.55. The second-order valence-electron chi connectivity index (χ2n) is 16.9. The molecule has 5 unspecified atom stereocenters. The largest absolute Gasteiger partial charge is 0.389 e. The van der Waals surface area contributed by atoms with E-state index in [0.29, 0.717) is 23.5 Å². The van der Waals surface area contributed by atoms with E-state index < -0.39 is 26.2 Å². The van der Waals surface area contributed by atoms with Crippen LogP contribution in [0.15, 0.2) is 58.3 Å². The molecule has 0 amide bonds. The normalized spacial score (nSPS) is 31.2. The van der Waals surface area contributed by atoms with Crippen LogP contribution in [0.25, 0.3) is 0 Å². The summed E-state index contributed by atoms with van der Waals surface area (Å²) >= 11 is 0. The predicted octanol–water partition coefficient (Wildman–Crippen LogP) is 6.81. The minimum absolute atomic E-state index is 0.0553. The summed E-state index contributed by atoms with van der Waals surface area (Å²) in [5.74, 6) is -0.0553. The van der Waals surface area contributed by atoms with Gasteiger partial charge in [0.05, 0.1) is 15.9 Å². The van der Waals surface area contributed by atoms with Gasteiger partial charge in [-0.1, -0.05) is 65.8 Å². The van der Waals surface area contributed by atoms with Crippen LogP contribution in [0.4, 0.5) is 0 Å². The lowest BCUT2D eigenvalue weighted by Gasteiger charge is -2.39. The lowest BCUT2D eigenvalue weighted by atomic mass is 9.65. The molecule has 8 nitrogen and oxygen atoms in total. The fourth-order valence-electron chi connectivity index (χ4n) is 9.43. The highest BCUT2D eigenvalue weighted by Gasteiger charge is 2.54. The van der Waals surface area contributed by atoms with Crippen molar-refractivity contribution >= 4 is 25.8 Å². The second kappa shape index (κ2) is 11.8. The molecule has 4 fully saturated rings. The van der Waals surface area contributed by atoms with Crippen molar-refractivity contribution in [3.8, 4) is 0 Å². The van der Waals surface area contributed by atoms with Crippen LogP contribution in [-0.4, -0.2) is 61.5 Å². The van der Waals surface area contributed by atoms with Crippen molar-refractivity contribution in [2.45, 2.75) is 122 Å². The number of Topliss-reactive ketones (excluding diaryl/α,β-unsaturated/α-hetero) is 1. The number of nitrogens with zero attached hydrogens (tertiary/aromatic N) is 2. The zero-order chi connectivity index (χ0) is 34.1. The molecule has 4 aliphatic rings. The van der Waals surface area contributed by atoms with Gasteiger partial charge < -0.3 is 5.11 Å². The van der Waals surface area contributed by atoms with Gasteiger partial charge in [0.2, 0.25) is 20.0 Å². The number of fused-ring (bicyclic) bond motifs is 4. The Morgan fingerprint density at radius 3 is 1.41 bits per heavy atom. The third kappa shape index (κ3) is 7.02. The average Bonchev–Trinajstić information content (AvgIpc) is 3.35. The molecule has 1 N–H and O–H groups in total. The van der Waals surface area contributed by atoms with E-state index in [4.69, 9.17) is 0 Å². The van der Waals surface area contributed by atoms with Crippen molar-refractivity contribution in [1.29, 1.82) is 0 Å². The third-order valence-corrected chi connectivity index (χ3v) is 14.4. The fourth-order valence-corrected chi connectivity index (χ4v) is 13.0. The zero-order valence-electron chi connectivity index (χ0n) is 28.7. The highest BCUT2D eigenvalue weighted by molar-refractivity contribution is 7.89. The molecule has 2 saturated carbocycles. The van der Waals surface area contributed by atoms with E-state index in [2.05, 4.69) is 41.5 Å². The van der Waals surface area contributed by atoms with Gasteiger partial charge in [-0.2, -0.15) is 8.61 Å². The average molecular weight is 673 g/mol. The Bertz CT molecular complexity index is 1680. The zero-order valence-corrected chi connectivity index (χ0v) is 30.3. The number of sulfonamides is 2. The Hall–Kier alpha value is -2.11. The van der Waals surface area contributed by atoms with Gasteiger partial charge in [0.25, 0.3) is 0 Å². The van der Waals surface area contributed by atoms with Gasteiger partial charge in [-0.25, -0.2) is 16.8 Å². The quantitative estimate of drug-likeness (QED) is 0.338.